The Morgan fingerprint density at radius 3 is 2.33 bits per heavy atom. The highest BCUT2D eigenvalue weighted by Gasteiger charge is 2.21. The average molecular weight is 389 g/mol. The highest BCUT2D eigenvalue weighted by molar-refractivity contribution is 7.89. The van der Waals surface area contributed by atoms with Crippen LogP contribution in [0.5, 0.6) is 5.75 Å². The number of sulfonamides is 1. The normalized spacial score (nSPS) is 12.7. The highest BCUT2D eigenvalue weighted by atomic mass is 32.2. The van der Waals surface area contributed by atoms with Gasteiger partial charge in [0, 0.05) is 17.3 Å². The number of hydrogen-bond donors (Lipinski definition) is 1. The second-order valence-electron chi connectivity index (χ2n) is 6.09. The van der Waals surface area contributed by atoms with Crippen LogP contribution in [0, 0.1) is 12.7 Å². The quantitative estimate of drug-likeness (QED) is 0.702. The van der Waals surface area contributed by atoms with Gasteiger partial charge < -0.3 is 4.74 Å². The Hall–Kier alpha value is -2.71. The van der Waals surface area contributed by atoms with Gasteiger partial charge in [-0.2, -0.15) is 5.10 Å². The summed E-state index contributed by atoms with van der Waals surface area (Å²) in [5.41, 5.74) is 2.20. The number of methoxy groups -OCH3 is 1. The summed E-state index contributed by atoms with van der Waals surface area (Å²) < 4.78 is 47.7. The molecule has 142 valence electrons. The molecule has 27 heavy (non-hydrogen) atoms. The van der Waals surface area contributed by atoms with E-state index in [1.807, 2.05) is 6.92 Å². The third-order valence-corrected chi connectivity index (χ3v) is 5.84. The molecule has 0 saturated carbocycles. The maximum atomic E-state index is 13.1. The summed E-state index contributed by atoms with van der Waals surface area (Å²) in [5.74, 6) is 0.253. The second-order valence-corrected chi connectivity index (χ2v) is 7.81. The van der Waals surface area contributed by atoms with Crippen LogP contribution in [-0.2, 0) is 10.0 Å². The van der Waals surface area contributed by atoms with Crippen LogP contribution in [0.1, 0.15) is 24.2 Å². The third kappa shape index (κ3) is 4.01. The van der Waals surface area contributed by atoms with Crippen molar-refractivity contribution in [1.82, 2.24) is 14.5 Å². The first-order valence-corrected chi connectivity index (χ1v) is 9.77. The van der Waals surface area contributed by atoms with Gasteiger partial charge in [-0.1, -0.05) is 0 Å². The van der Waals surface area contributed by atoms with Crippen LogP contribution in [-0.4, -0.2) is 25.3 Å². The summed E-state index contributed by atoms with van der Waals surface area (Å²) >= 11 is 0. The predicted octanol–water partition coefficient (Wildman–Crippen LogP) is 3.37. The second kappa shape index (κ2) is 7.50. The number of nitrogens with zero attached hydrogens (tertiary/aromatic N) is 2. The summed E-state index contributed by atoms with van der Waals surface area (Å²) in [6, 6.07) is 11.6. The first-order chi connectivity index (χ1) is 12.8. The van der Waals surface area contributed by atoms with E-state index in [0.29, 0.717) is 11.4 Å². The summed E-state index contributed by atoms with van der Waals surface area (Å²) in [6.45, 7) is 3.59. The van der Waals surface area contributed by atoms with Crippen molar-refractivity contribution in [2.75, 3.05) is 7.11 Å². The molecular formula is C19H20FN3O3S. The molecule has 2 aromatic carbocycles. The SMILES string of the molecule is COc1ccc(S(=O)(=O)N[C@@H](C)c2cnn(-c3ccc(F)cc3)c2C)cc1. The summed E-state index contributed by atoms with van der Waals surface area (Å²) in [4.78, 5) is 0.152. The number of halogens is 1. The smallest absolute Gasteiger partial charge is 0.241 e. The number of hydrogen-bond acceptors (Lipinski definition) is 4. The van der Waals surface area contributed by atoms with E-state index in [1.165, 1.54) is 31.4 Å². The number of nitrogens with one attached hydrogen (secondary N) is 1. The lowest BCUT2D eigenvalue weighted by Gasteiger charge is -2.15. The fourth-order valence-corrected chi connectivity index (χ4v) is 4.03. The zero-order chi connectivity index (χ0) is 19.6. The average Bonchev–Trinajstić information content (AvgIpc) is 3.03. The molecule has 0 fully saturated rings. The van der Waals surface area contributed by atoms with Crippen LogP contribution >= 0.6 is 0 Å². The van der Waals surface area contributed by atoms with E-state index in [1.54, 1.807) is 42.1 Å². The molecule has 3 rings (SSSR count). The molecule has 1 aromatic heterocycles. The van der Waals surface area contributed by atoms with E-state index in [4.69, 9.17) is 4.74 Å². The van der Waals surface area contributed by atoms with Crippen molar-refractivity contribution in [2.24, 2.45) is 0 Å². The molecule has 8 heteroatoms. The van der Waals surface area contributed by atoms with Crippen molar-refractivity contribution in [3.63, 3.8) is 0 Å². The molecule has 1 N–H and O–H groups in total. The lowest BCUT2D eigenvalue weighted by atomic mass is 10.1. The lowest BCUT2D eigenvalue weighted by molar-refractivity contribution is 0.414. The van der Waals surface area contributed by atoms with E-state index in [2.05, 4.69) is 9.82 Å². The monoisotopic (exact) mass is 389 g/mol. The Kier molecular flexibility index (Phi) is 5.29. The molecule has 6 nitrogen and oxygen atoms in total. The minimum Gasteiger partial charge on any atom is -0.497 e. The van der Waals surface area contributed by atoms with E-state index in [9.17, 15) is 12.8 Å². The van der Waals surface area contributed by atoms with E-state index < -0.39 is 16.1 Å². The van der Waals surface area contributed by atoms with Crippen LogP contribution in [0.25, 0.3) is 5.69 Å². The molecule has 0 saturated heterocycles. The molecule has 0 aliphatic carbocycles. The van der Waals surface area contributed by atoms with Crippen molar-refractivity contribution in [3.8, 4) is 11.4 Å². The highest BCUT2D eigenvalue weighted by Crippen LogP contribution is 2.23. The van der Waals surface area contributed by atoms with Gasteiger partial charge in [0.2, 0.25) is 10.0 Å². The van der Waals surface area contributed by atoms with Crippen molar-refractivity contribution in [3.05, 3.63) is 71.8 Å². The standard InChI is InChI=1S/C19H20FN3O3S/c1-13(22-27(24,25)18-10-8-17(26-3)9-11-18)19-12-21-23(14(19)2)16-6-4-15(20)5-7-16/h4-13,22H,1-3H3/t13-/m0/s1. The summed E-state index contributed by atoms with van der Waals surface area (Å²) in [5, 5.41) is 4.31. The Labute approximate surface area is 157 Å². The van der Waals surface area contributed by atoms with Gasteiger partial charge in [-0.15, -0.1) is 0 Å². The van der Waals surface area contributed by atoms with Gasteiger partial charge in [0.1, 0.15) is 11.6 Å². The Morgan fingerprint density at radius 2 is 1.74 bits per heavy atom. The molecule has 0 unspecified atom stereocenters. The molecule has 0 amide bonds. The van der Waals surface area contributed by atoms with Gasteiger partial charge in [-0.25, -0.2) is 22.2 Å². The van der Waals surface area contributed by atoms with Gasteiger partial charge in [-0.05, 0) is 62.4 Å². The Bertz CT molecular complexity index is 1030. The third-order valence-electron chi connectivity index (χ3n) is 4.29. The lowest BCUT2D eigenvalue weighted by Crippen LogP contribution is -2.27. The largest absolute Gasteiger partial charge is 0.497 e. The minimum absolute atomic E-state index is 0.152. The Morgan fingerprint density at radius 1 is 1.11 bits per heavy atom. The molecule has 0 bridgehead atoms. The van der Waals surface area contributed by atoms with Gasteiger partial charge in [0.25, 0.3) is 0 Å². The van der Waals surface area contributed by atoms with Gasteiger partial charge in [0.05, 0.1) is 23.9 Å². The maximum Gasteiger partial charge on any atom is 0.241 e. The van der Waals surface area contributed by atoms with E-state index in [0.717, 1.165) is 11.3 Å². The van der Waals surface area contributed by atoms with Gasteiger partial charge >= 0.3 is 0 Å². The molecule has 0 radical (unpaired) electrons. The van der Waals surface area contributed by atoms with Crippen molar-refractivity contribution < 1.29 is 17.5 Å². The molecule has 0 aliphatic heterocycles. The van der Waals surface area contributed by atoms with Gasteiger partial charge in [0.15, 0.2) is 0 Å². The number of aromatic nitrogens is 2. The van der Waals surface area contributed by atoms with Gasteiger partial charge in [-0.3, -0.25) is 0 Å². The van der Waals surface area contributed by atoms with Crippen molar-refractivity contribution in [1.29, 1.82) is 0 Å². The summed E-state index contributed by atoms with van der Waals surface area (Å²) in [6.07, 6.45) is 1.61. The molecule has 1 heterocycles. The zero-order valence-electron chi connectivity index (χ0n) is 15.2. The number of ether oxygens (including phenoxy) is 1. The van der Waals surface area contributed by atoms with Crippen molar-refractivity contribution in [2.45, 2.75) is 24.8 Å². The van der Waals surface area contributed by atoms with E-state index in [-0.39, 0.29) is 10.7 Å². The molecule has 0 spiro atoms. The molecule has 1 atom stereocenters. The topological polar surface area (TPSA) is 73.2 Å². The predicted molar refractivity (Wildman–Crippen MR) is 100.0 cm³/mol. The zero-order valence-corrected chi connectivity index (χ0v) is 16.0. The molecular weight excluding hydrogens is 369 g/mol. The number of benzene rings is 2. The van der Waals surface area contributed by atoms with Crippen LogP contribution < -0.4 is 9.46 Å². The fourth-order valence-electron chi connectivity index (χ4n) is 2.81. The Balaban J connectivity index is 1.83. The van der Waals surface area contributed by atoms with Crippen LogP contribution in [0.3, 0.4) is 0 Å². The van der Waals surface area contributed by atoms with Crippen LogP contribution in [0.15, 0.2) is 59.6 Å². The first-order valence-electron chi connectivity index (χ1n) is 8.28. The summed E-state index contributed by atoms with van der Waals surface area (Å²) in [7, 11) is -2.18. The van der Waals surface area contributed by atoms with Crippen LogP contribution in [0.2, 0.25) is 0 Å². The maximum absolute atomic E-state index is 13.1. The molecule has 3 aromatic rings. The van der Waals surface area contributed by atoms with Crippen LogP contribution in [0.4, 0.5) is 4.39 Å². The van der Waals surface area contributed by atoms with E-state index >= 15 is 0 Å². The fraction of sp³-hybridized carbons (Fsp3) is 0.211. The van der Waals surface area contributed by atoms with Crippen molar-refractivity contribution >= 4 is 10.0 Å². The number of rotatable bonds is 6. The first kappa shape index (κ1) is 19.1. The molecule has 0 aliphatic rings. The minimum atomic E-state index is -3.70.